The van der Waals surface area contributed by atoms with Gasteiger partial charge in [-0.3, -0.25) is 19.2 Å². The first-order valence-electron chi connectivity index (χ1n) is 17.6. The Bertz CT molecular complexity index is 3080. The predicted octanol–water partition coefficient (Wildman–Crippen LogP) is 8.96. The van der Waals surface area contributed by atoms with Crippen molar-refractivity contribution in [1.82, 2.24) is 20.0 Å². The largest absolute Gasteiger partial charge is 0.456 e. The summed E-state index contributed by atoms with van der Waals surface area (Å²) in [4.78, 5) is 66.0. The summed E-state index contributed by atoms with van der Waals surface area (Å²) in [6, 6.07) is 27.5. The highest BCUT2D eigenvalue weighted by molar-refractivity contribution is 7.22. The highest BCUT2D eigenvalue weighted by atomic mass is 32.1. The number of nitrogens with one attached hydrogen (secondary N) is 1. The van der Waals surface area contributed by atoms with Gasteiger partial charge in [0, 0.05) is 62.6 Å². The molecule has 0 bridgehead atoms. The smallest absolute Gasteiger partial charge is 0.261 e. The minimum atomic E-state index is -0.321. The standard InChI is InChI=1S/C43H26N4O5S4/c1-45-37(34-35(43(45)51)39(47(3)42(34)50)31-15-13-29(56-31)27-7-5-17-54-27)21-9-11-23-22-10-8-20(18-24(22)52-25(23)19-21)36-32-33(40(48)44-36)38(46(2)41(32)49)30-14-12-28(55-30)26-6-4-16-53-26/h4-19H,1-3H3,(H,44,48). The van der Waals surface area contributed by atoms with Gasteiger partial charge in [0.2, 0.25) is 0 Å². The fraction of sp³-hybridized carbons (Fsp3) is 0.0698. The Morgan fingerprint density at radius 2 is 0.982 bits per heavy atom. The van der Waals surface area contributed by atoms with E-state index in [1.54, 1.807) is 81.2 Å². The summed E-state index contributed by atoms with van der Waals surface area (Å²) >= 11 is 6.41. The maximum Gasteiger partial charge on any atom is 0.261 e. The maximum atomic E-state index is 13.9. The molecule has 9 nitrogen and oxygen atoms in total. The number of carbonyl (C=O) groups is 4. The molecule has 56 heavy (non-hydrogen) atoms. The van der Waals surface area contributed by atoms with Crippen LogP contribution in [-0.4, -0.2) is 59.5 Å². The molecular formula is C43H26N4O5S4. The van der Waals surface area contributed by atoms with Crippen molar-refractivity contribution in [1.29, 1.82) is 0 Å². The van der Waals surface area contributed by atoms with Crippen LogP contribution in [0.5, 0.6) is 0 Å². The van der Waals surface area contributed by atoms with Gasteiger partial charge >= 0.3 is 0 Å². The lowest BCUT2D eigenvalue weighted by atomic mass is 10.0. The summed E-state index contributed by atoms with van der Waals surface area (Å²) in [5.41, 5.74) is 6.16. The second kappa shape index (κ2) is 11.9. The number of likely N-dealkylation sites (N-methyl/N-ethyl adjacent to an activating group) is 3. The van der Waals surface area contributed by atoms with Crippen LogP contribution in [0.3, 0.4) is 0 Å². The van der Waals surface area contributed by atoms with Gasteiger partial charge in [0.05, 0.1) is 54.8 Å². The molecule has 5 aromatic heterocycles. The zero-order valence-electron chi connectivity index (χ0n) is 29.8. The van der Waals surface area contributed by atoms with Gasteiger partial charge in [0.15, 0.2) is 0 Å². The topological polar surface area (TPSA) is 103 Å². The minimum Gasteiger partial charge on any atom is -0.456 e. The van der Waals surface area contributed by atoms with Crippen molar-refractivity contribution in [2.24, 2.45) is 0 Å². The normalized spacial score (nSPS) is 17.1. The number of carbonyl (C=O) groups excluding carboxylic acids is 4. The molecule has 0 spiro atoms. The molecule has 1 N–H and O–H groups in total. The van der Waals surface area contributed by atoms with Crippen LogP contribution in [0.1, 0.15) is 20.9 Å². The summed E-state index contributed by atoms with van der Waals surface area (Å²) in [5, 5.41) is 8.74. The van der Waals surface area contributed by atoms with Gasteiger partial charge < -0.3 is 24.4 Å². The second-order valence-corrected chi connectivity index (χ2v) is 17.8. The van der Waals surface area contributed by atoms with Gasteiger partial charge in [-0.15, -0.1) is 45.3 Å². The molecular weight excluding hydrogens is 781 g/mol. The Balaban J connectivity index is 0.983. The Morgan fingerprint density at radius 3 is 1.55 bits per heavy atom. The molecule has 13 heteroatoms. The predicted molar refractivity (Wildman–Crippen MR) is 223 cm³/mol. The monoisotopic (exact) mass is 806 g/mol. The van der Waals surface area contributed by atoms with Crippen LogP contribution >= 0.6 is 45.3 Å². The van der Waals surface area contributed by atoms with Crippen LogP contribution in [0.15, 0.2) is 122 Å². The van der Waals surface area contributed by atoms with Crippen molar-refractivity contribution in [3.63, 3.8) is 0 Å². The Hall–Kier alpha value is -6.12. The van der Waals surface area contributed by atoms with Crippen molar-refractivity contribution >= 4 is 114 Å². The molecule has 0 saturated carbocycles. The summed E-state index contributed by atoms with van der Waals surface area (Å²) in [7, 11) is 5.12. The molecule has 0 radical (unpaired) electrons. The molecule has 4 aliphatic heterocycles. The Kier molecular flexibility index (Phi) is 7.09. The average Bonchev–Trinajstić information content (AvgIpc) is 4.05. The molecule has 0 saturated heterocycles. The lowest BCUT2D eigenvalue weighted by Gasteiger charge is -2.19. The van der Waals surface area contributed by atoms with Gasteiger partial charge in [0.25, 0.3) is 23.6 Å². The van der Waals surface area contributed by atoms with E-state index in [0.717, 1.165) is 40.0 Å². The second-order valence-electron chi connectivity index (χ2n) is 13.8. The number of benzene rings is 2. The lowest BCUT2D eigenvalue weighted by molar-refractivity contribution is -0.123. The number of thiophene rings is 4. The van der Waals surface area contributed by atoms with Crippen LogP contribution < -0.4 is 5.32 Å². The van der Waals surface area contributed by atoms with Crippen molar-refractivity contribution in [2.75, 3.05) is 21.1 Å². The number of rotatable bonds is 6. The number of hydrogen-bond acceptors (Lipinski definition) is 9. The molecule has 11 rings (SSSR count). The fourth-order valence-corrected chi connectivity index (χ4v) is 12.0. The minimum absolute atomic E-state index is 0.234. The summed E-state index contributed by atoms with van der Waals surface area (Å²) < 4.78 is 6.45. The van der Waals surface area contributed by atoms with Crippen molar-refractivity contribution < 1.29 is 23.6 Å². The lowest BCUT2D eigenvalue weighted by Crippen LogP contribution is -2.24. The first-order chi connectivity index (χ1) is 27.2. The third-order valence-electron chi connectivity index (χ3n) is 10.7. The average molecular weight is 807 g/mol. The van der Waals surface area contributed by atoms with E-state index in [0.29, 0.717) is 67.4 Å². The summed E-state index contributed by atoms with van der Waals surface area (Å²) in [6.45, 7) is 0. The van der Waals surface area contributed by atoms with Gasteiger partial charge in [-0.2, -0.15) is 0 Å². The molecule has 4 amide bonds. The van der Waals surface area contributed by atoms with E-state index >= 15 is 0 Å². The number of fused-ring (bicyclic) bond motifs is 5. The quantitative estimate of drug-likeness (QED) is 0.181. The molecule has 9 heterocycles. The van der Waals surface area contributed by atoms with Gasteiger partial charge in [-0.1, -0.05) is 24.3 Å². The van der Waals surface area contributed by atoms with E-state index in [2.05, 4.69) is 17.4 Å². The fourth-order valence-electron chi connectivity index (χ4n) is 8.12. The van der Waals surface area contributed by atoms with E-state index in [1.165, 1.54) is 0 Å². The van der Waals surface area contributed by atoms with E-state index in [1.807, 2.05) is 83.6 Å². The van der Waals surface area contributed by atoms with Crippen LogP contribution in [-0.2, 0) is 19.2 Å². The van der Waals surface area contributed by atoms with Crippen LogP contribution in [0.2, 0.25) is 0 Å². The molecule has 0 fully saturated rings. The molecule has 272 valence electrons. The molecule has 7 aromatic rings. The van der Waals surface area contributed by atoms with Crippen molar-refractivity contribution in [3.8, 4) is 19.5 Å². The van der Waals surface area contributed by atoms with E-state index < -0.39 is 0 Å². The third kappa shape index (κ3) is 4.56. The molecule has 4 aliphatic rings. The van der Waals surface area contributed by atoms with Crippen LogP contribution in [0, 0.1) is 0 Å². The Labute approximate surface area is 335 Å². The van der Waals surface area contributed by atoms with Crippen LogP contribution in [0.4, 0.5) is 0 Å². The summed E-state index contributed by atoms with van der Waals surface area (Å²) in [6.07, 6.45) is 0. The van der Waals surface area contributed by atoms with Crippen LogP contribution in [0.25, 0.3) is 64.2 Å². The van der Waals surface area contributed by atoms with Crippen molar-refractivity contribution in [2.45, 2.75) is 0 Å². The van der Waals surface area contributed by atoms with E-state index in [4.69, 9.17) is 4.42 Å². The maximum absolute atomic E-state index is 13.9. The molecule has 0 aliphatic carbocycles. The van der Waals surface area contributed by atoms with Gasteiger partial charge in [-0.25, -0.2) is 0 Å². The van der Waals surface area contributed by atoms with Crippen molar-refractivity contribution in [3.05, 3.63) is 139 Å². The zero-order chi connectivity index (χ0) is 38.1. The Morgan fingerprint density at radius 1 is 0.500 bits per heavy atom. The molecule has 0 atom stereocenters. The third-order valence-corrected chi connectivity index (χ3v) is 15.0. The van der Waals surface area contributed by atoms with Gasteiger partial charge in [0.1, 0.15) is 11.2 Å². The SMILES string of the molecule is CN1C(=O)C2=C(c3ccc(-c4cccs4)s3)N(C)C(=O)C2=C1c1ccc2c(c1)oc1cc(C3=C4C(=O)N(C)C(c5ccc(-c6cccs6)s5)=C4C(=O)N3)ccc12. The number of amides is 4. The first kappa shape index (κ1) is 33.2. The number of furan rings is 1. The number of nitrogens with zero attached hydrogens (tertiary/aromatic N) is 3. The van der Waals surface area contributed by atoms with E-state index in [-0.39, 0.29) is 23.6 Å². The van der Waals surface area contributed by atoms with Gasteiger partial charge in [-0.05, 0) is 71.4 Å². The zero-order valence-corrected chi connectivity index (χ0v) is 33.0. The molecule has 0 unspecified atom stereocenters. The number of hydrogen-bond donors (Lipinski definition) is 1. The first-order valence-corrected chi connectivity index (χ1v) is 21.0. The van der Waals surface area contributed by atoms with E-state index in [9.17, 15) is 19.2 Å². The highest BCUT2D eigenvalue weighted by Crippen LogP contribution is 2.49. The molecule has 2 aromatic carbocycles. The highest BCUT2D eigenvalue weighted by Gasteiger charge is 2.47. The summed E-state index contributed by atoms with van der Waals surface area (Å²) in [5.74, 6) is -1.04.